The highest BCUT2D eigenvalue weighted by atomic mass is 19.4. The maximum atomic E-state index is 13.5. The highest BCUT2D eigenvalue weighted by Crippen LogP contribution is 2.45. The molecule has 0 spiro atoms. The van der Waals surface area contributed by atoms with E-state index in [0.717, 1.165) is 0 Å². The normalized spacial score (nSPS) is 28.4. The van der Waals surface area contributed by atoms with Gasteiger partial charge >= 0.3 is 6.18 Å². The highest BCUT2D eigenvalue weighted by Gasteiger charge is 2.45. The van der Waals surface area contributed by atoms with Crippen LogP contribution in [0.4, 0.5) is 17.6 Å². The van der Waals surface area contributed by atoms with Gasteiger partial charge < -0.3 is 5.11 Å². The zero-order valence-electron chi connectivity index (χ0n) is 10.6. The largest absolute Gasteiger partial charge is 0.391 e. The summed E-state index contributed by atoms with van der Waals surface area (Å²) in [7, 11) is 0. The van der Waals surface area contributed by atoms with Crippen LogP contribution in [-0.2, 0) is 5.60 Å². The number of hydrogen-bond acceptors (Lipinski definition) is 1. The quantitative estimate of drug-likeness (QED) is 0.766. The molecule has 1 aromatic carbocycles. The Bertz CT molecular complexity index is 459. The molecule has 0 amide bonds. The Kier molecular flexibility index (Phi) is 3.60. The van der Waals surface area contributed by atoms with Crippen LogP contribution in [0.15, 0.2) is 18.2 Å². The molecule has 1 aliphatic rings. The molecule has 0 radical (unpaired) electrons. The summed E-state index contributed by atoms with van der Waals surface area (Å²) in [6.07, 6.45) is -4.41. The molecule has 0 aromatic heterocycles. The first-order valence-electron chi connectivity index (χ1n) is 6.28. The average Bonchev–Trinajstić information content (AvgIpc) is 2.32. The van der Waals surface area contributed by atoms with Crippen LogP contribution in [0.25, 0.3) is 0 Å². The molecule has 0 bridgehead atoms. The molecular weight excluding hydrogens is 260 g/mol. The molecule has 0 unspecified atom stereocenters. The van der Waals surface area contributed by atoms with E-state index < -0.39 is 23.5 Å². The lowest BCUT2D eigenvalue weighted by atomic mass is 9.75. The zero-order chi connectivity index (χ0) is 14.3. The molecule has 106 valence electrons. The summed E-state index contributed by atoms with van der Waals surface area (Å²) >= 11 is 0. The summed E-state index contributed by atoms with van der Waals surface area (Å²) in [4.78, 5) is 0. The fourth-order valence-electron chi connectivity index (χ4n) is 2.59. The summed E-state index contributed by atoms with van der Waals surface area (Å²) < 4.78 is 51.2. The third kappa shape index (κ3) is 2.91. The van der Waals surface area contributed by atoms with E-state index in [4.69, 9.17) is 0 Å². The van der Waals surface area contributed by atoms with Crippen LogP contribution in [0.1, 0.15) is 36.8 Å². The molecular formula is C14H16F4O. The van der Waals surface area contributed by atoms with Gasteiger partial charge in [0.15, 0.2) is 0 Å². The number of aliphatic hydroxyl groups is 1. The minimum absolute atomic E-state index is 0.0136. The van der Waals surface area contributed by atoms with Gasteiger partial charge in [-0.15, -0.1) is 0 Å². The van der Waals surface area contributed by atoms with Gasteiger partial charge in [0.2, 0.25) is 0 Å². The first-order valence-corrected chi connectivity index (χ1v) is 6.28. The Labute approximate surface area is 109 Å². The van der Waals surface area contributed by atoms with Gasteiger partial charge in [-0.05, 0) is 49.8 Å². The van der Waals surface area contributed by atoms with Gasteiger partial charge in [0.1, 0.15) is 5.82 Å². The van der Waals surface area contributed by atoms with Gasteiger partial charge in [0, 0.05) is 0 Å². The summed E-state index contributed by atoms with van der Waals surface area (Å²) in [5, 5.41) is 10.4. The molecule has 1 fully saturated rings. The number of halogens is 4. The lowest BCUT2D eigenvalue weighted by molar-refractivity contribution is -0.193. The van der Waals surface area contributed by atoms with Crippen LogP contribution in [0.3, 0.4) is 0 Å². The van der Waals surface area contributed by atoms with Crippen LogP contribution in [-0.4, -0.2) is 11.3 Å². The monoisotopic (exact) mass is 276 g/mol. The van der Waals surface area contributed by atoms with E-state index in [2.05, 4.69) is 0 Å². The number of alkyl halides is 3. The molecule has 1 aliphatic carbocycles. The molecule has 1 aromatic rings. The highest BCUT2D eigenvalue weighted by molar-refractivity contribution is 5.28. The first kappa shape index (κ1) is 14.3. The standard InChI is InChI=1S/C14H16F4O/c1-9-2-3-11(8-12(9)15)13(19)6-4-10(5-7-13)14(16,17)18/h2-3,8,10,19H,4-7H2,1H3. The van der Waals surface area contributed by atoms with Crippen molar-refractivity contribution in [2.75, 3.05) is 0 Å². The Morgan fingerprint density at radius 1 is 1.21 bits per heavy atom. The second-order valence-corrected chi connectivity index (χ2v) is 5.31. The predicted molar refractivity (Wildman–Crippen MR) is 63.0 cm³/mol. The number of benzene rings is 1. The third-order valence-electron chi connectivity index (χ3n) is 3.98. The molecule has 5 heteroatoms. The SMILES string of the molecule is Cc1ccc(C2(O)CCC(C(F)(F)F)CC2)cc1F. The number of rotatable bonds is 1. The summed E-state index contributed by atoms with van der Waals surface area (Å²) in [6, 6.07) is 4.36. The summed E-state index contributed by atoms with van der Waals surface area (Å²) in [5.41, 5.74) is -0.511. The van der Waals surface area contributed by atoms with Crippen molar-refractivity contribution in [3.05, 3.63) is 35.1 Å². The van der Waals surface area contributed by atoms with Crippen molar-refractivity contribution in [1.82, 2.24) is 0 Å². The minimum atomic E-state index is -4.21. The average molecular weight is 276 g/mol. The summed E-state index contributed by atoms with van der Waals surface area (Å²) in [5.74, 6) is -1.80. The van der Waals surface area contributed by atoms with Crippen molar-refractivity contribution < 1.29 is 22.7 Å². The zero-order valence-corrected chi connectivity index (χ0v) is 10.6. The Hall–Kier alpha value is -1.10. The lowest BCUT2D eigenvalue weighted by Crippen LogP contribution is -2.36. The van der Waals surface area contributed by atoms with E-state index in [1.165, 1.54) is 6.07 Å². The summed E-state index contributed by atoms with van der Waals surface area (Å²) in [6.45, 7) is 1.60. The Morgan fingerprint density at radius 3 is 2.26 bits per heavy atom. The third-order valence-corrected chi connectivity index (χ3v) is 3.98. The van der Waals surface area contributed by atoms with E-state index >= 15 is 0 Å². The van der Waals surface area contributed by atoms with Crippen molar-refractivity contribution in [2.45, 2.75) is 44.4 Å². The minimum Gasteiger partial charge on any atom is -0.385 e. The molecule has 0 aliphatic heterocycles. The van der Waals surface area contributed by atoms with E-state index in [-0.39, 0.29) is 25.7 Å². The first-order chi connectivity index (χ1) is 8.72. The molecule has 19 heavy (non-hydrogen) atoms. The topological polar surface area (TPSA) is 20.2 Å². The van der Waals surface area contributed by atoms with Crippen molar-refractivity contribution in [2.24, 2.45) is 5.92 Å². The number of hydrogen-bond donors (Lipinski definition) is 1. The number of aryl methyl sites for hydroxylation is 1. The van der Waals surface area contributed by atoms with Gasteiger partial charge in [-0.25, -0.2) is 4.39 Å². The van der Waals surface area contributed by atoms with Crippen molar-refractivity contribution in [1.29, 1.82) is 0 Å². The maximum Gasteiger partial charge on any atom is 0.391 e. The van der Waals surface area contributed by atoms with Crippen LogP contribution in [0.5, 0.6) is 0 Å². The van der Waals surface area contributed by atoms with Gasteiger partial charge in [-0.3, -0.25) is 0 Å². The second kappa shape index (κ2) is 4.78. The molecule has 1 saturated carbocycles. The van der Waals surface area contributed by atoms with Gasteiger partial charge in [0.25, 0.3) is 0 Å². The maximum absolute atomic E-state index is 13.5. The predicted octanol–water partition coefficient (Wildman–Crippen LogP) is 4.07. The van der Waals surface area contributed by atoms with Gasteiger partial charge in [-0.1, -0.05) is 12.1 Å². The van der Waals surface area contributed by atoms with Crippen molar-refractivity contribution >= 4 is 0 Å². The van der Waals surface area contributed by atoms with Crippen LogP contribution in [0.2, 0.25) is 0 Å². The van der Waals surface area contributed by atoms with Crippen LogP contribution in [0, 0.1) is 18.7 Å². The molecule has 0 heterocycles. The van der Waals surface area contributed by atoms with Gasteiger partial charge in [0.05, 0.1) is 11.5 Å². The fraction of sp³-hybridized carbons (Fsp3) is 0.571. The Morgan fingerprint density at radius 2 is 1.79 bits per heavy atom. The molecule has 2 rings (SSSR count). The second-order valence-electron chi connectivity index (χ2n) is 5.31. The molecule has 1 nitrogen and oxygen atoms in total. The van der Waals surface area contributed by atoms with Crippen molar-refractivity contribution in [3.63, 3.8) is 0 Å². The van der Waals surface area contributed by atoms with E-state index in [1.807, 2.05) is 0 Å². The van der Waals surface area contributed by atoms with E-state index in [0.29, 0.717) is 11.1 Å². The molecule has 1 N–H and O–H groups in total. The van der Waals surface area contributed by atoms with E-state index in [1.54, 1.807) is 19.1 Å². The van der Waals surface area contributed by atoms with Crippen LogP contribution < -0.4 is 0 Å². The lowest BCUT2D eigenvalue weighted by Gasteiger charge is -2.37. The fourth-order valence-corrected chi connectivity index (χ4v) is 2.59. The van der Waals surface area contributed by atoms with Gasteiger partial charge in [-0.2, -0.15) is 13.2 Å². The molecule has 0 saturated heterocycles. The van der Waals surface area contributed by atoms with E-state index in [9.17, 15) is 22.7 Å². The van der Waals surface area contributed by atoms with Crippen molar-refractivity contribution in [3.8, 4) is 0 Å². The Balaban J connectivity index is 2.15. The van der Waals surface area contributed by atoms with Crippen LogP contribution >= 0.6 is 0 Å². The smallest absolute Gasteiger partial charge is 0.385 e. The molecule has 0 atom stereocenters.